The second-order valence-corrected chi connectivity index (χ2v) is 4.54. The minimum atomic E-state index is -0.782. The largest absolute Gasteiger partial charge is 0.397 e. The number of carbonyl (C=O) groups is 1. The van der Waals surface area contributed by atoms with Gasteiger partial charge < -0.3 is 11.1 Å². The molecule has 6 nitrogen and oxygen atoms in total. The summed E-state index contributed by atoms with van der Waals surface area (Å²) in [7, 11) is 0. The van der Waals surface area contributed by atoms with Crippen molar-refractivity contribution in [2.75, 3.05) is 11.1 Å². The Labute approximate surface area is 123 Å². The number of carbonyl (C=O) groups excluding carboxylic acids is 1. The average molecular weight is 310 g/mol. The van der Waals surface area contributed by atoms with Crippen molar-refractivity contribution in [2.45, 2.75) is 0 Å². The predicted molar refractivity (Wildman–Crippen MR) is 76.9 cm³/mol. The Kier molecular flexibility index (Phi) is 4.04. The maximum Gasteiger partial charge on any atom is 0.283 e. The molecule has 0 spiro atoms. The second kappa shape index (κ2) is 5.76. The summed E-state index contributed by atoms with van der Waals surface area (Å²) < 4.78 is 13.1. The van der Waals surface area contributed by atoms with Crippen LogP contribution >= 0.6 is 11.6 Å². The third-order valence-electron chi connectivity index (χ3n) is 2.66. The van der Waals surface area contributed by atoms with Gasteiger partial charge in [0.15, 0.2) is 0 Å². The molecule has 0 aliphatic rings. The molecule has 2 rings (SSSR count). The summed E-state index contributed by atoms with van der Waals surface area (Å²) in [6.07, 6.45) is 0. The van der Waals surface area contributed by atoms with E-state index in [1.807, 2.05) is 0 Å². The van der Waals surface area contributed by atoms with Crippen LogP contribution in [0.4, 0.5) is 21.5 Å². The molecule has 0 unspecified atom stereocenters. The molecule has 0 saturated heterocycles. The Morgan fingerprint density at radius 1 is 1.29 bits per heavy atom. The lowest BCUT2D eigenvalue weighted by Crippen LogP contribution is -2.15. The first kappa shape index (κ1) is 14.7. The molecule has 2 aromatic rings. The van der Waals surface area contributed by atoms with Gasteiger partial charge in [-0.15, -0.1) is 0 Å². The van der Waals surface area contributed by atoms with Crippen LogP contribution in [0.25, 0.3) is 0 Å². The van der Waals surface area contributed by atoms with E-state index in [0.717, 1.165) is 18.2 Å². The highest BCUT2D eigenvalue weighted by atomic mass is 35.5. The highest BCUT2D eigenvalue weighted by Crippen LogP contribution is 2.25. The van der Waals surface area contributed by atoms with Crippen molar-refractivity contribution in [2.24, 2.45) is 0 Å². The number of anilines is 2. The van der Waals surface area contributed by atoms with Crippen LogP contribution in [-0.4, -0.2) is 10.8 Å². The number of halogens is 2. The topological polar surface area (TPSA) is 98.3 Å². The van der Waals surface area contributed by atoms with Gasteiger partial charge >= 0.3 is 0 Å². The molecule has 8 heteroatoms. The molecule has 0 atom stereocenters. The molecule has 21 heavy (non-hydrogen) atoms. The van der Waals surface area contributed by atoms with Gasteiger partial charge in [0.25, 0.3) is 11.6 Å². The highest BCUT2D eigenvalue weighted by molar-refractivity contribution is 6.31. The van der Waals surface area contributed by atoms with Gasteiger partial charge in [0.1, 0.15) is 11.4 Å². The van der Waals surface area contributed by atoms with Crippen LogP contribution in [0.15, 0.2) is 36.4 Å². The number of benzene rings is 2. The fourth-order valence-corrected chi connectivity index (χ4v) is 1.84. The van der Waals surface area contributed by atoms with Crippen molar-refractivity contribution >= 4 is 34.6 Å². The van der Waals surface area contributed by atoms with Gasteiger partial charge in [-0.2, -0.15) is 0 Å². The van der Waals surface area contributed by atoms with E-state index in [-0.39, 0.29) is 22.0 Å². The minimum Gasteiger partial charge on any atom is -0.397 e. The van der Waals surface area contributed by atoms with Crippen molar-refractivity contribution in [3.05, 3.63) is 62.9 Å². The molecule has 0 heterocycles. The van der Waals surface area contributed by atoms with Crippen LogP contribution in [0.5, 0.6) is 0 Å². The number of nitro benzene ring substituents is 1. The molecule has 0 aromatic heterocycles. The standard InChI is InChI=1S/C13H9ClFN3O3/c14-7-1-3-9(12(5-7)18(20)21)13(19)17-11-6-8(15)2-4-10(11)16/h1-6H,16H2,(H,17,19). The van der Waals surface area contributed by atoms with Gasteiger partial charge in [-0.05, 0) is 30.3 Å². The van der Waals surface area contributed by atoms with Crippen LogP contribution < -0.4 is 11.1 Å². The van der Waals surface area contributed by atoms with Crippen LogP contribution in [-0.2, 0) is 0 Å². The van der Waals surface area contributed by atoms with Crippen molar-refractivity contribution in [1.29, 1.82) is 0 Å². The van der Waals surface area contributed by atoms with Crippen molar-refractivity contribution in [1.82, 2.24) is 0 Å². The number of nitrogen functional groups attached to an aromatic ring is 1. The monoisotopic (exact) mass is 309 g/mol. The molecule has 0 saturated carbocycles. The fourth-order valence-electron chi connectivity index (χ4n) is 1.67. The Morgan fingerprint density at radius 2 is 2.00 bits per heavy atom. The van der Waals surface area contributed by atoms with E-state index >= 15 is 0 Å². The van der Waals surface area contributed by atoms with E-state index in [2.05, 4.69) is 5.32 Å². The van der Waals surface area contributed by atoms with Gasteiger partial charge in [0.2, 0.25) is 0 Å². The summed E-state index contributed by atoms with van der Waals surface area (Å²) in [5.41, 5.74) is 5.12. The van der Waals surface area contributed by atoms with Gasteiger partial charge in [0.05, 0.1) is 16.3 Å². The van der Waals surface area contributed by atoms with E-state index < -0.39 is 22.3 Å². The van der Waals surface area contributed by atoms with Gasteiger partial charge in [-0.25, -0.2) is 4.39 Å². The predicted octanol–water partition coefficient (Wildman–Crippen LogP) is 3.22. The Morgan fingerprint density at radius 3 is 2.67 bits per heavy atom. The molecular formula is C13H9ClFN3O3. The highest BCUT2D eigenvalue weighted by Gasteiger charge is 2.21. The third kappa shape index (κ3) is 3.26. The number of amides is 1. The lowest BCUT2D eigenvalue weighted by atomic mass is 10.1. The first-order valence-corrected chi connectivity index (χ1v) is 6.06. The molecule has 3 N–H and O–H groups in total. The van der Waals surface area contributed by atoms with Crippen LogP contribution in [0.1, 0.15) is 10.4 Å². The van der Waals surface area contributed by atoms with Gasteiger partial charge in [0, 0.05) is 11.1 Å². The summed E-state index contributed by atoms with van der Waals surface area (Å²) in [5, 5.41) is 13.4. The van der Waals surface area contributed by atoms with Crippen molar-refractivity contribution in [3.63, 3.8) is 0 Å². The number of nitrogens with two attached hydrogens (primary N) is 1. The van der Waals surface area contributed by atoms with E-state index in [1.54, 1.807) is 0 Å². The van der Waals surface area contributed by atoms with Gasteiger partial charge in [-0.3, -0.25) is 14.9 Å². The van der Waals surface area contributed by atoms with Crippen molar-refractivity contribution in [3.8, 4) is 0 Å². The zero-order valence-electron chi connectivity index (χ0n) is 10.5. The zero-order valence-corrected chi connectivity index (χ0v) is 11.2. The Hall–Kier alpha value is -2.67. The van der Waals surface area contributed by atoms with Gasteiger partial charge in [-0.1, -0.05) is 11.6 Å². The number of nitrogens with one attached hydrogen (secondary N) is 1. The molecule has 0 aliphatic carbocycles. The van der Waals surface area contributed by atoms with Crippen molar-refractivity contribution < 1.29 is 14.1 Å². The summed E-state index contributed by atoms with van der Waals surface area (Å²) in [6.45, 7) is 0. The van der Waals surface area contributed by atoms with Crippen LogP contribution in [0.3, 0.4) is 0 Å². The molecule has 0 radical (unpaired) electrons. The smallest absolute Gasteiger partial charge is 0.283 e. The normalized spacial score (nSPS) is 10.2. The molecule has 1 amide bonds. The first-order chi connectivity index (χ1) is 9.88. The number of hydrogen-bond donors (Lipinski definition) is 2. The summed E-state index contributed by atoms with van der Waals surface area (Å²) in [4.78, 5) is 22.3. The lowest BCUT2D eigenvalue weighted by Gasteiger charge is -2.08. The molecule has 0 fully saturated rings. The maximum absolute atomic E-state index is 13.1. The Balaban J connectivity index is 2.37. The van der Waals surface area contributed by atoms with Crippen LogP contribution in [0.2, 0.25) is 5.02 Å². The average Bonchev–Trinajstić information content (AvgIpc) is 2.42. The van der Waals surface area contributed by atoms with E-state index in [0.29, 0.717) is 0 Å². The number of nitrogens with zero attached hydrogens (tertiary/aromatic N) is 1. The molecule has 108 valence electrons. The summed E-state index contributed by atoms with van der Waals surface area (Å²) in [6, 6.07) is 7.06. The van der Waals surface area contributed by atoms with Crippen LogP contribution in [0, 0.1) is 15.9 Å². The number of rotatable bonds is 3. The Bertz CT molecular complexity index is 737. The first-order valence-electron chi connectivity index (χ1n) is 5.69. The van der Waals surface area contributed by atoms with E-state index in [4.69, 9.17) is 17.3 Å². The fraction of sp³-hybridized carbons (Fsp3) is 0. The van der Waals surface area contributed by atoms with E-state index in [9.17, 15) is 19.3 Å². The quantitative estimate of drug-likeness (QED) is 0.516. The van der Waals surface area contributed by atoms with E-state index in [1.165, 1.54) is 18.2 Å². The zero-order chi connectivity index (χ0) is 15.6. The SMILES string of the molecule is Nc1ccc(F)cc1NC(=O)c1ccc(Cl)cc1[N+](=O)[O-]. The summed E-state index contributed by atoms with van der Waals surface area (Å²) in [5.74, 6) is -1.37. The third-order valence-corrected chi connectivity index (χ3v) is 2.90. The number of nitro groups is 1. The molecule has 0 aliphatic heterocycles. The number of hydrogen-bond acceptors (Lipinski definition) is 4. The molecule has 2 aromatic carbocycles. The molecule has 0 bridgehead atoms. The summed E-state index contributed by atoms with van der Waals surface area (Å²) >= 11 is 5.67. The molecular weight excluding hydrogens is 301 g/mol. The minimum absolute atomic E-state index is 0.0317. The maximum atomic E-state index is 13.1. The lowest BCUT2D eigenvalue weighted by molar-refractivity contribution is -0.385. The second-order valence-electron chi connectivity index (χ2n) is 4.10.